The van der Waals surface area contributed by atoms with Crippen LogP contribution < -0.4 is 14.4 Å². The fourth-order valence-electron chi connectivity index (χ4n) is 3.61. The van der Waals surface area contributed by atoms with Crippen molar-refractivity contribution in [3.63, 3.8) is 0 Å². The van der Waals surface area contributed by atoms with Crippen LogP contribution in [0.25, 0.3) is 0 Å². The molecule has 0 saturated carbocycles. The van der Waals surface area contributed by atoms with Gasteiger partial charge in [-0.15, -0.1) is 0 Å². The van der Waals surface area contributed by atoms with Gasteiger partial charge in [0.25, 0.3) is 0 Å². The number of carbonyl (C=O) groups excluding carboxylic acids is 2. The maximum absolute atomic E-state index is 12.8. The number of Topliss-reactive ketones (excluding diaryl/α,β-unsaturated/α-hetero) is 1. The predicted molar refractivity (Wildman–Crippen MR) is 118 cm³/mol. The van der Waals surface area contributed by atoms with Crippen molar-refractivity contribution >= 4 is 27.2 Å². The maximum atomic E-state index is 12.8. The van der Waals surface area contributed by atoms with Crippen LogP contribution in [-0.4, -0.2) is 46.6 Å². The molecule has 0 atom stereocenters. The highest BCUT2D eigenvalue weighted by Crippen LogP contribution is 2.31. The molecule has 0 aliphatic carbocycles. The molecule has 0 saturated heterocycles. The van der Waals surface area contributed by atoms with Gasteiger partial charge in [0, 0.05) is 30.5 Å². The van der Waals surface area contributed by atoms with Gasteiger partial charge in [-0.2, -0.15) is 0 Å². The molecule has 0 unspecified atom stereocenters. The van der Waals surface area contributed by atoms with Gasteiger partial charge in [-0.1, -0.05) is 0 Å². The highest BCUT2D eigenvalue weighted by molar-refractivity contribution is 7.90. The standard InChI is InChI=1S/C23H27NO6S/c1-16(25)17-8-11-21(22(15-17)29-2)30-13-5-7-23(26)24-12-4-6-18-14-19(31(3,27)28)9-10-20(18)24/h8-11,14-15H,4-7,12-13H2,1-3H3. The summed E-state index contributed by atoms with van der Waals surface area (Å²) in [5.41, 5.74) is 2.21. The van der Waals surface area contributed by atoms with Crippen molar-refractivity contribution in [3.8, 4) is 11.5 Å². The molecule has 1 heterocycles. The van der Waals surface area contributed by atoms with E-state index in [4.69, 9.17) is 9.47 Å². The van der Waals surface area contributed by atoms with E-state index in [9.17, 15) is 18.0 Å². The maximum Gasteiger partial charge on any atom is 0.227 e. The Morgan fingerprint density at radius 1 is 1.10 bits per heavy atom. The molecule has 0 aromatic heterocycles. The number of aryl methyl sites for hydroxylation is 1. The number of sulfone groups is 1. The van der Waals surface area contributed by atoms with E-state index in [0.717, 1.165) is 24.1 Å². The molecular weight excluding hydrogens is 418 g/mol. The summed E-state index contributed by atoms with van der Waals surface area (Å²) in [5, 5.41) is 0. The molecule has 0 fully saturated rings. The van der Waals surface area contributed by atoms with Crippen molar-refractivity contribution in [1.82, 2.24) is 0 Å². The second-order valence-corrected chi connectivity index (χ2v) is 9.60. The molecule has 1 aliphatic rings. The molecule has 2 aromatic rings. The van der Waals surface area contributed by atoms with Crippen molar-refractivity contribution < 1.29 is 27.5 Å². The van der Waals surface area contributed by atoms with Gasteiger partial charge in [0.1, 0.15) is 0 Å². The number of hydrogen-bond acceptors (Lipinski definition) is 6. The van der Waals surface area contributed by atoms with Crippen LogP contribution in [0.2, 0.25) is 0 Å². The van der Waals surface area contributed by atoms with Gasteiger partial charge < -0.3 is 14.4 Å². The van der Waals surface area contributed by atoms with Gasteiger partial charge >= 0.3 is 0 Å². The Morgan fingerprint density at radius 3 is 2.55 bits per heavy atom. The molecular formula is C23H27NO6S. The summed E-state index contributed by atoms with van der Waals surface area (Å²) in [5.74, 6) is 0.929. The number of amides is 1. The van der Waals surface area contributed by atoms with Crippen LogP contribution in [0.5, 0.6) is 11.5 Å². The lowest BCUT2D eigenvalue weighted by Crippen LogP contribution is -2.35. The zero-order valence-electron chi connectivity index (χ0n) is 18.0. The first-order chi connectivity index (χ1) is 14.7. The summed E-state index contributed by atoms with van der Waals surface area (Å²) in [6.45, 7) is 2.43. The van der Waals surface area contributed by atoms with Gasteiger partial charge in [-0.3, -0.25) is 9.59 Å². The van der Waals surface area contributed by atoms with Crippen molar-refractivity contribution in [1.29, 1.82) is 0 Å². The highest BCUT2D eigenvalue weighted by atomic mass is 32.2. The molecule has 3 rings (SSSR count). The molecule has 2 aromatic carbocycles. The van der Waals surface area contributed by atoms with Crippen LogP contribution in [0.4, 0.5) is 5.69 Å². The normalized spacial score (nSPS) is 13.5. The fraction of sp³-hybridized carbons (Fsp3) is 0.391. The van der Waals surface area contributed by atoms with Crippen LogP contribution in [0, 0.1) is 0 Å². The Morgan fingerprint density at radius 2 is 1.87 bits per heavy atom. The molecule has 166 valence electrons. The Bertz CT molecular complexity index is 1090. The van der Waals surface area contributed by atoms with E-state index in [1.807, 2.05) is 0 Å². The van der Waals surface area contributed by atoms with E-state index in [1.54, 1.807) is 41.3 Å². The van der Waals surface area contributed by atoms with E-state index < -0.39 is 9.84 Å². The van der Waals surface area contributed by atoms with Gasteiger partial charge in [0.15, 0.2) is 27.1 Å². The molecule has 7 nitrogen and oxygen atoms in total. The summed E-state index contributed by atoms with van der Waals surface area (Å²) in [4.78, 5) is 26.3. The van der Waals surface area contributed by atoms with Crippen molar-refractivity contribution in [3.05, 3.63) is 47.5 Å². The topological polar surface area (TPSA) is 90.0 Å². The largest absolute Gasteiger partial charge is 0.493 e. The Labute approximate surface area is 182 Å². The van der Waals surface area contributed by atoms with Crippen molar-refractivity contribution in [2.45, 2.75) is 37.5 Å². The number of fused-ring (bicyclic) bond motifs is 1. The average Bonchev–Trinajstić information content (AvgIpc) is 2.74. The van der Waals surface area contributed by atoms with Crippen molar-refractivity contribution in [2.24, 2.45) is 0 Å². The molecule has 8 heteroatoms. The number of ether oxygens (including phenoxy) is 2. The quantitative estimate of drug-likeness (QED) is 0.457. The monoisotopic (exact) mass is 445 g/mol. The molecule has 31 heavy (non-hydrogen) atoms. The molecule has 1 amide bonds. The van der Waals surface area contributed by atoms with Gasteiger partial charge in [-0.25, -0.2) is 8.42 Å². The lowest BCUT2D eigenvalue weighted by atomic mass is 10.0. The summed E-state index contributed by atoms with van der Waals surface area (Å²) in [7, 11) is -1.77. The van der Waals surface area contributed by atoms with Crippen LogP contribution >= 0.6 is 0 Å². The summed E-state index contributed by atoms with van der Waals surface area (Å²) >= 11 is 0. The highest BCUT2D eigenvalue weighted by Gasteiger charge is 2.23. The summed E-state index contributed by atoms with van der Waals surface area (Å²) in [6.07, 6.45) is 3.55. The van der Waals surface area contributed by atoms with Crippen LogP contribution in [0.15, 0.2) is 41.3 Å². The Hall–Kier alpha value is -2.87. The SMILES string of the molecule is COc1cc(C(C)=O)ccc1OCCCC(=O)N1CCCc2cc(S(C)(=O)=O)ccc21. The van der Waals surface area contributed by atoms with Crippen LogP contribution in [0.1, 0.15) is 42.1 Å². The summed E-state index contributed by atoms with van der Waals surface area (Å²) < 4.78 is 34.6. The third-order valence-corrected chi connectivity index (χ3v) is 6.37. The minimum Gasteiger partial charge on any atom is -0.493 e. The minimum absolute atomic E-state index is 0.0180. The second-order valence-electron chi connectivity index (χ2n) is 7.59. The third kappa shape index (κ3) is 5.44. The molecule has 0 N–H and O–H groups in total. The smallest absolute Gasteiger partial charge is 0.227 e. The zero-order valence-corrected chi connectivity index (χ0v) is 18.8. The first kappa shape index (κ1) is 22.8. The van der Waals surface area contributed by atoms with E-state index in [1.165, 1.54) is 20.3 Å². The molecule has 0 spiro atoms. The number of methoxy groups -OCH3 is 1. The van der Waals surface area contributed by atoms with E-state index in [2.05, 4.69) is 0 Å². The van der Waals surface area contributed by atoms with Crippen molar-refractivity contribution in [2.75, 3.05) is 31.4 Å². The van der Waals surface area contributed by atoms with Crippen LogP contribution in [-0.2, 0) is 21.1 Å². The number of anilines is 1. The van der Waals surface area contributed by atoms with Gasteiger partial charge in [-0.05, 0) is 68.1 Å². The van der Waals surface area contributed by atoms with E-state index in [0.29, 0.717) is 43.1 Å². The Kier molecular flexibility index (Phi) is 7.00. The van der Waals surface area contributed by atoms with Gasteiger partial charge in [0.2, 0.25) is 5.91 Å². The zero-order chi connectivity index (χ0) is 22.6. The first-order valence-corrected chi connectivity index (χ1v) is 12.0. The average molecular weight is 446 g/mol. The fourth-order valence-corrected chi connectivity index (χ4v) is 4.28. The van der Waals surface area contributed by atoms with E-state index in [-0.39, 0.29) is 16.6 Å². The molecule has 1 aliphatic heterocycles. The minimum atomic E-state index is -3.28. The number of carbonyl (C=O) groups is 2. The molecule has 0 bridgehead atoms. The first-order valence-electron chi connectivity index (χ1n) is 10.2. The number of rotatable bonds is 8. The molecule has 0 radical (unpaired) electrons. The van der Waals surface area contributed by atoms with Crippen LogP contribution in [0.3, 0.4) is 0 Å². The van der Waals surface area contributed by atoms with Gasteiger partial charge in [0.05, 0.1) is 18.6 Å². The third-order valence-electron chi connectivity index (χ3n) is 5.26. The number of hydrogen-bond donors (Lipinski definition) is 0. The second kappa shape index (κ2) is 9.51. The number of nitrogens with zero attached hydrogens (tertiary/aromatic N) is 1. The number of ketones is 1. The lowest BCUT2D eigenvalue weighted by molar-refractivity contribution is -0.118. The predicted octanol–water partition coefficient (Wildman–Crippen LogP) is 3.44. The lowest BCUT2D eigenvalue weighted by Gasteiger charge is -2.30. The Balaban J connectivity index is 1.60. The number of benzene rings is 2. The van der Waals surface area contributed by atoms with E-state index >= 15 is 0 Å². The summed E-state index contributed by atoms with van der Waals surface area (Å²) in [6, 6.07) is 9.96.